The second-order valence-electron chi connectivity index (χ2n) is 5.96. The zero-order valence-corrected chi connectivity index (χ0v) is 13.8. The summed E-state index contributed by atoms with van der Waals surface area (Å²) in [5, 5.41) is 0. The van der Waals surface area contributed by atoms with E-state index in [2.05, 4.69) is 79.4 Å². The Bertz CT molecular complexity index is 482. The highest BCUT2D eigenvalue weighted by molar-refractivity contribution is 5.18. The van der Waals surface area contributed by atoms with E-state index in [1.807, 2.05) is 0 Å². The largest absolute Gasteiger partial charge is 0.329 e. The summed E-state index contributed by atoms with van der Waals surface area (Å²) in [5.41, 5.74) is 8.95. The van der Waals surface area contributed by atoms with Crippen LogP contribution in [0.2, 0.25) is 0 Å². The van der Waals surface area contributed by atoms with E-state index in [9.17, 15) is 0 Å². The molecule has 0 fully saturated rings. The van der Waals surface area contributed by atoms with Crippen molar-refractivity contribution in [3.63, 3.8) is 0 Å². The number of rotatable bonds is 8. The number of hydrogen-bond acceptors (Lipinski definition) is 2. The van der Waals surface area contributed by atoms with Crippen molar-refractivity contribution in [2.24, 2.45) is 5.73 Å². The molecule has 0 aliphatic rings. The molecule has 0 saturated heterocycles. The predicted octanol–water partition coefficient (Wildman–Crippen LogP) is 4.21. The Hall–Kier alpha value is -1.64. The maximum atomic E-state index is 6.20. The van der Waals surface area contributed by atoms with E-state index in [0.29, 0.717) is 6.54 Å². The van der Waals surface area contributed by atoms with Gasteiger partial charge in [0, 0.05) is 25.2 Å². The van der Waals surface area contributed by atoms with Crippen LogP contribution in [-0.2, 0) is 13.1 Å². The van der Waals surface area contributed by atoms with E-state index in [1.54, 1.807) is 0 Å². The Labute approximate surface area is 135 Å². The van der Waals surface area contributed by atoms with Crippen LogP contribution >= 0.6 is 0 Å². The quantitative estimate of drug-likeness (QED) is 0.791. The minimum atomic E-state index is 0.0612. The van der Waals surface area contributed by atoms with Gasteiger partial charge >= 0.3 is 0 Å². The molecule has 2 rings (SSSR count). The fourth-order valence-corrected chi connectivity index (χ4v) is 3.11. The highest BCUT2D eigenvalue weighted by Crippen LogP contribution is 2.27. The van der Waals surface area contributed by atoms with E-state index >= 15 is 0 Å². The van der Waals surface area contributed by atoms with Crippen LogP contribution in [0, 0.1) is 0 Å². The Morgan fingerprint density at radius 1 is 0.773 bits per heavy atom. The lowest BCUT2D eigenvalue weighted by atomic mass is 9.89. The maximum Gasteiger partial charge on any atom is 0.0333 e. The molecule has 0 radical (unpaired) electrons. The van der Waals surface area contributed by atoms with Gasteiger partial charge in [0.1, 0.15) is 0 Å². The molecule has 2 aromatic carbocycles. The van der Waals surface area contributed by atoms with E-state index < -0.39 is 0 Å². The maximum absolute atomic E-state index is 6.20. The standard InChI is InChI=1S/C20H28N2/c1-3-20(4-2,17-21)22(15-18-11-7-5-8-12-18)16-19-13-9-6-10-14-19/h5-14H,3-4,15-17,21H2,1-2H3. The summed E-state index contributed by atoms with van der Waals surface area (Å²) in [6, 6.07) is 21.4. The molecule has 2 aromatic rings. The molecule has 0 unspecified atom stereocenters. The van der Waals surface area contributed by atoms with E-state index in [4.69, 9.17) is 5.73 Å². The van der Waals surface area contributed by atoms with E-state index in [1.165, 1.54) is 11.1 Å². The molecular weight excluding hydrogens is 268 g/mol. The van der Waals surface area contributed by atoms with Gasteiger partial charge in [-0.15, -0.1) is 0 Å². The van der Waals surface area contributed by atoms with Crippen LogP contribution in [0.5, 0.6) is 0 Å². The van der Waals surface area contributed by atoms with Gasteiger partial charge in [-0.05, 0) is 24.0 Å². The molecule has 0 amide bonds. The number of nitrogens with zero attached hydrogens (tertiary/aromatic N) is 1. The van der Waals surface area contributed by atoms with Gasteiger partial charge in [-0.3, -0.25) is 4.90 Å². The average molecular weight is 296 g/mol. The van der Waals surface area contributed by atoms with Crippen molar-refractivity contribution < 1.29 is 0 Å². The van der Waals surface area contributed by atoms with Crippen molar-refractivity contribution in [1.29, 1.82) is 0 Å². The molecule has 118 valence electrons. The zero-order valence-electron chi connectivity index (χ0n) is 13.8. The van der Waals surface area contributed by atoms with Crippen LogP contribution in [-0.4, -0.2) is 17.0 Å². The zero-order chi connectivity index (χ0) is 15.8. The Kier molecular flexibility index (Phi) is 6.17. The molecule has 0 aliphatic carbocycles. The highest BCUT2D eigenvalue weighted by atomic mass is 15.2. The van der Waals surface area contributed by atoms with Crippen LogP contribution in [0.25, 0.3) is 0 Å². The van der Waals surface area contributed by atoms with Crippen LogP contribution in [0.15, 0.2) is 60.7 Å². The van der Waals surface area contributed by atoms with Crippen molar-refractivity contribution >= 4 is 0 Å². The third-order valence-corrected chi connectivity index (χ3v) is 4.80. The first-order chi connectivity index (χ1) is 10.7. The second kappa shape index (κ2) is 8.11. The lowest BCUT2D eigenvalue weighted by Gasteiger charge is -2.43. The summed E-state index contributed by atoms with van der Waals surface area (Å²) in [4.78, 5) is 2.55. The lowest BCUT2D eigenvalue weighted by Crippen LogP contribution is -2.52. The minimum absolute atomic E-state index is 0.0612. The third kappa shape index (κ3) is 3.96. The number of hydrogen-bond donors (Lipinski definition) is 1. The molecule has 22 heavy (non-hydrogen) atoms. The summed E-state index contributed by atoms with van der Waals surface area (Å²) in [7, 11) is 0. The summed E-state index contributed by atoms with van der Waals surface area (Å²) >= 11 is 0. The topological polar surface area (TPSA) is 29.3 Å². The highest BCUT2D eigenvalue weighted by Gasteiger charge is 2.32. The number of nitrogens with two attached hydrogens (primary N) is 1. The molecule has 0 atom stereocenters. The molecule has 0 aliphatic heterocycles. The summed E-state index contributed by atoms with van der Waals surface area (Å²) in [5.74, 6) is 0. The van der Waals surface area contributed by atoms with Gasteiger partial charge < -0.3 is 5.73 Å². The van der Waals surface area contributed by atoms with Gasteiger partial charge in [0.15, 0.2) is 0 Å². The van der Waals surface area contributed by atoms with E-state index in [-0.39, 0.29) is 5.54 Å². The summed E-state index contributed by atoms with van der Waals surface area (Å²) in [6.07, 6.45) is 2.14. The molecule has 0 spiro atoms. The van der Waals surface area contributed by atoms with Crippen molar-refractivity contribution in [3.05, 3.63) is 71.8 Å². The van der Waals surface area contributed by atoms with Crippen LogP contribution < -0.4 is 5.73 Å². The van der Waals surface area contributed by atoms with Crippen LogP contribution in [0.1, 0.15) is 37.8 Å². The molecule has 2 heteroatoms. The summed E-state index contributed by atoms with van der Waals surface area (Å²) in [6.45, 7) is 7.07. The third-order valence-electron chi connectivity index (χ3n) is 4.80. The fraction of sp³-hybridized carbons (Fsp3) is 0.400. The van der Waals surface area contributed by atoms with Gasteiger partial charge in [-0.1, -0.05) is 74.5 Å². The summed E-state index contributed by atoms with van der Waals surface area (Å²) < 4.78 is 0. The number of benzene rings is 2. The van der Waals surface area contributed by atoms with Crippen LogP contribution in [0.4, 0.5) is 0 Å². The predicted molar refractivity (Wildman–Crippen MR) is 94.5 cm³/mol. The molecule has 0 bridgehead atoms. The SMILES string of the molecule is CCC(CC)(CN)N(Cc1ccccc1)Cc1ccccc1. The molecular formula is C20H28N2. The van der Waals surface area contributed by atoms with Gasteiger partial charge in [0.05, 0.1) is 0 Å². The normalized spacial score (nSPS) is 11.8. The van der Waals surface area contributed by atoms with Gasteiger partial charge in [0.2, 0.25) is 0 Å². The van der Waals surface area contributed by atoms with Crippen molar-refractivity contribution in [2.45, 2.75) is 45.3 Å². The Morgan fingerprint density at radius 3 is 1.50 bits per heavy atom. The van der Waals surface area contributed by atoms with Gasteiger partial charge in [-0.2, -0.15) is 0 Å². The molecule has 0 saturated carbocycles. The van der Waals surface area contributed by atoms with Gasteiger partial charge in [-0.25, -0.2) is 0 Å². The molecule has 0 aromatic heterocycles. The van der Waals surface area contributed by atoms with Crippen molar-refractivity contribution in [3.8, 4) is 0 Å². The smallest absolute Gasteiger partial charge is 0.0333 e. The average Bonchev–Trinajstić information content (AvgIpc) is 2.59. The first-order valence-electron chi connectivity index (χ1n) is 8.27. The molecule has 2 nitrogen and oxygen atoms in total. The molecule has 2 N–H and O–H groups in total. The Morgan fingerprint density at radius 2 is 1.18 bits per heavy atom. The first-order valence-corrected chi connectivity index (χ1v) is 8.27. The van der Waals surface area contributed by atoms with Gasteiger partial charge in [0.25, 0.3) is 0 Å². The Balaban J connectivity index is 2.27. The fourth-order valence-electron chi connectivity index (χ4n) is 3.11. The van der Waals surface area contributed by atoms with Crippen molar-refractivity contribution in [2.75, 3.05) is 6.54 Å². The second-order valence-corrected chi connectivity index (χ2v) is 5.96. The van der Waals surface area contributed by atoms with E-state index in [0.717, 1.165) is 25.9 Å². The first kappa shape index (κ1) is 16.7. The van der Waals surface area contributed by atoms with Crippen molar-refractivity contribution in [1.82, 2.24) is 4.90 Å². The molecule has 0 heterocycles. The van der Waals surface area contributed by atoms with Crippen LogP contribution in [0.3, 0.4) is 0 Å². The lowest BCUT2D eigenvalue weighted by molar-refractivity contribution is 0.0683. The minimum Gasteiger partial charge on any atom is -0.329 e. The monoisotopic (exact) mass is 296 g/mol.